The standard InChI is InChI=1S/C29H35F3N4O5S/c1-4-33-27(38)34-14-7-5-6-8-15-36-21(16-20-10-9-11-23(17-20)41-29(30,31)32)19-42-28(36)35-26(37)24-13-12-22(39-2)18-25(24)40-3/h9-13,17-19H,4-8,14-16H2,1-3H3,(H2,33,34,38). The van der Waals surface area contributed by atoms with Crippen molar-refractivity contribution in [1.29, 1.82) is 0 Å². The zero-order valence-corrected chi connectivity index (χ0v) is 24.6. The van der Waals surface area contributed by atoms with Gasteiger partial charge in [0.2, 0.25) is 0 Å². The summed E-state index contributed by atoms with van der Waals surface area (Å²) in [4.78, 5) is 29.6. The summed E-state index contributed by atoms with van der Waals surface area (Å²) in [5.74, 6) is 0.0762. The van der Waals surface area contributed by atoms with Gasteiger partial charge in [-0.25, -0.2) is 4.79 Å². The molecule has 3 amide bonds. The van der Waals surface area contributed by atoms with E-state index in [0.717, 1.165) is 31.4 Å². The number of benzene rings is 2. The van der Waals surface area contributed by atoms with Crippen LogP contribution < -0.4 is 29.6 Å². The van der Waals surface area contributed by atoms with Crippen molar-refractivity contribution in [2.45, 2.75) is 51.9 Å². The molecule has 0 atom stereocenters. The molecule has 13 heteroatoms. The molecule has 9 nitrogen and oxygen atoms in total. The smallest absolute Gasteiger partial charge is 0.497 e. The van der Waals surface area contributed by atoms with Crippen LogP contribution in [0.5, 0.6) is 17.2 Å². The Kier molecular flexibility index (Phi) is 12.3. The lowest BCUT2D eigenvalue weighted by Gasteiger charge is -2.12. The van der Waals surface area contributed by atoms with Gasteiger partial charge in [0.25, 0.3) is 5.91 Å². The zero-order chi connectivity index (χ0) is 30.5. The number of halogens is 3. The van der Waals surface area contributed by atoms with Crippen molar-refractivity contribution in [3.05, 3.63) is 69.5 Å². The molecule has 0 spiro atoms. The van der Waals surface area contributed by atoms with Crippen LogP contribution in [0.3, 0.4) is 0 Å². The summed E-state index contributed by atoms with van der Waals surface area (Å²) in [6, 6.07) is 10.5. The Bertz CT molecular complexity index is 1400. The fourth-order valence-corrected chi connectivity index (χ4v) is 5.11. The van der Waals surface area contributed by atoms with Crippen LogP contribution in [0.4, 0.5) is 18.0 Å². The van der Waals surface area contributed by atoms with Crippen molar-refractivity contribution in [2.75, 3.05) is 27.3 Å². The maximum atomic E-state index is 13.2. The van der Waals surface area contributed by atoms with E-state index >= 15 is 0 Å². The van der Waals surface area contributed by atoms with E-state index in [1.54, 1.807) is 24.3 Å². The molecule has 3 rings (SSSR count). The third-order valence-electron chi connectivity index (χ3n) is 6.16. The van der Waals surface area contributed by atoms with E-state index < -0.39 is 12.3 Å². The van der Waals surface area contributed by atoms with E-state index in [-0.39, 0.29) is 17.3 Å². The summed E-state index contributed by atoms with van der Waals surface area (Å²) >= 11 is 1.28. The highest BCUT2D eigenvalue weighted by atomic mass is 32.1. The SMILES string of the molecule is CCNC(=O)NCCCCCCn1c(Cc2cccc(OC(F)(F)F)c2)csc1=NC(=O)c1ccc(OC)cc1OC. The minimum atomic E-state index is -4.79. The molecule has 0 aliphatic rings. The van der Waals surface area contributed by atoms with Crippen molar-refractivity contribution in [3.63, 3.8) is 0 Å². The topological polar surface area (TPSA) is 103 Å². The first-order chi connectivity index (χ1) is 20.1. The van der Waals surface area contributed by atoms with Gasteiger partial charge in [0, 0.05) is 43.2 Å². The Morgan fingerprint density at radius 1 is 0.976 bits per heavy atom. The molecule has 0 saturated carbocycles. The molecule has 2 aromatic carbocycles. The highest BCUT2D eigenvalue weighted by molar-refractivity contribution is 7.07. The number of urea groups is 1. The molecule has 3 aromatic rings. The van der Waals surface area contributed by atoms with Crippen molar-refractivity contribution in [2.24, 2.45) is 4.99 Å². The molecular weight excluding hydrogens is 573 g/mol. The second-order valence-corrected chi connectivity index (χ2v) is 10.1. The van der Waals surface area contributed by atoms with Crippen LogP contribution in [0.15, 0.2) is 52.8 Å². The number of nitrogens with one attached hydrogen (secondary N) is 2. The second-order valence-electron chi connectivity index (χ2n) is 9.22. The lowest BCUT2D eigenvalue weighted by atomic mass is 10.1. The molecule has 1 heterocycles. The number of rotatable bonds is 14. The summed E-state index contributed by atoms with van der Waals surface area (Å²) < 4.78 is 54.8. The van der Waals surface area contributed by atoms with Crippen LogP contribution in [-0.2, 0) is 13.0 Å². The number of nitrogens with zero attached hydrogens (tertiary/aromatic N) is 2. The fourth-order valence-electron chi connectivity index (χ4n) is 4.19. The summed E-state index contributed by atoms with van der Waals surface area (Å²) in [7, 11) is 2.97. The Hall–Kier alpha value is -4.00. The van der Waals surface area contributed by atoms with Crippen LogP contribution >= 0.6 is 11.3 Å². The third kappa shape index (κ3) is 10.1. The molecule has 0 unspecified atom stereocenters. The predicted molar refractivity (Wildman–Crippen MR) is 153 cm³/mol. The van der Waals surface area contributed by atoms with Crippen LogP contribution in [0.1, 0.15) is 54.2 Å². The number of hydrogen-bond acceptors (Lipinski definition) is 6. The summed E-state index contributed by atoms with van der Waals surface area (Å²) in [5, 5.41) is 7.34. The van der Waals surface area contributed by atoms with Crippen molar-refractivity contribution < 1.29 is 37.0 Å². The molecule has 0 saturated heterocycles. The van der Waals surface area contributed by atoms with E-state index in [4.69, 9.17) is 9.47 Å². The number of amides is 3. The normalized spacial score (nSPS) is 11.7. The van der Waals surface area contributed by atoms with Gasteiger partial charge in [0.05, 0.1) is 19.8 Å². The van der Waals surface area contributed by atoms with Crippen LogP contribution in [0.25, 0.3) is 0 Å². The van der Waals surface area contributed by atoms with Gasteiger partial charge in [-0.05, 0) is 49.6 Å². The van der Waals surface area contributed by atoms with E-state index in [1.807, 2.05) is 16.9 Å². The minimum Gasteiger partial charge on any atom is -0.497 e. The molecular formula is C29H35F3N4O5S. The maximum absolute atomic E-state index is 13.2. The first-order valence-corrected chi connectivity index (χ1v) is 14.4. The third-order valence-corrected chi connectivity index (χ3v) is 7.08. The van der Waals surface area contributed by atoms with Crippen LogP contribution in [0, 0.1) is 0 Å². The summed E-state index contributed by atoms with van der Waals surface area (Å²) in [6.07, 6.45) is -1.12. The van der Waals surface area contributed by atoms with E-state index in [1.165, 1.54) is 43.8 Å². The molecule has 0 aliphatic carbocycles. The van der Waals surface area contributed by atoms with Gasteiger partial charge in [-0.1, -0.05) is 25.0 Å². The molecule has 2 N–H and O–H groups in total. The highest BCUT2D eigenvalue weighted by Crippen LogP contribution is 2.26. The number of thiazole rings is 1. The number of hydrogen-bond donors (Lipinski definition) is 2. The number of carbonyl (C=O) groups is 2. The first-order valence-electron chi connectivity index (χ1n) is 13.5. The second kappa shape index (κ2) is 15.9. The van der Waals surface area contributed by atoms with E-state index in [0.29, 0.717) is 47.9 Å². The Morgan fingerprint density at radius 2 is 1.76 bits per heavy atom. The maximum Gasteiger partial charge on any atom is 0.573 e. The van der Waals surface area contributed by atoms with Crippen molar-refractivity contribution in [3.8, 4) is 17.2 Å². The van der Waals surface area contributed by atoms with Gasteiger partial charge in [-0.3, -0.25) is 4.79 Å². The van der Waals surface area contributed by atoms with Crippen LogP contribution in [0.2, 0.25) is 0 Å². The van der Waals surface area contributed by atoms with Gasteiger partial charge in [0.1, 0.15) is 17.2 Å². The van der Waals surface area contributed by atoms with Gasteiger partial charge in [0.15, 0.2) is 4.80 Å². The summed E-state index contributed by atoms with van der Waals surface area (Å²) in [6.45, 7) is 3.53. The van der Waals surface area contributed by atoms with Gasteiger partial charge >= 0.3 is 12.4 Å². The number of alkyl halides is 3. The van der Waals surface area contributed by atoms with Gasteiger partial charge in [-0.15, -0.1) is 24.5 Å². The highest BCUT2D eigenvalue weighted by Gasteiger charge is 2.31. The lowest BCUT2D eigenvalue weighted by molar-refractivity contribution is -0.274. The van der Waals surface area contributed by atoms with Crippen molar-refractivity contribution >= 4 is 23.3 Å². The average molecular weight is 609 g/mol. The van der Waals surface area contributed by atoms with Gasteiger partial charge < -0.3 is 29.4 Å². The van der Waals surface area contributed by atoms with E-state index in [2.05, 4.69) is 20.4 Å². The molecule has 1 aromatic heterocycles. The predicted octanol–water partition coefficient (Wildman–Crippen LogP) is 5.68. The molecule has 42 heavy (non-hydrogen) atoms. The van der Waals surface area contributed by atoms with Gasteiger partial charge in [-0.2, -0.15) is 4.99 Å². The number of unbranched alkanes of at least 4 members (excludes halogenated alkanes) is 3. The molecule has 0 bridgehead atoms. The summed E-state index contributed by atoms with van der Waals surface area (Å²) in [5.41, 5.74) is 1.70. The quantitative estimate of drug-likeness (QED) is 0.230. The minimum absolute atomic E-state index is 0.190. The molecule has 0 radical (unpaired) electrons. The first kappa shape index (κ1) is 32.5. The zero-order valence-electron chi connectivity index (χ0n) is 23.8. The lowest BCUT2D eigenvalue weighted by Crippen LogP contribution is -2.35. The Labute approximate surface area is 246 Å². The number of aromatic nitrogens is 1. The number of carbonyl (C=O) groups excluding carboxylic acids is 2. The molecule has 0 fully saturated rings. The Morgan fingerprint density at radius 3 is 2.48 bits per heavy atom. The Balaban J connectivity index is 1.80. The average Bonchev–Trinajstić information content (AvgIpc) is 3.31. The fraction of sp³-hybridized carbons (Fsp3) is 0.414. The number of ether oxygens (including phenoxy) is 3. The van der Waals surface area contributed by atoms with Crippen molar-refractivity contribution in [1.82, 2.24) is 15.2 Å². The number of methoxy groups -OCH3 is 2. The van der Waals surface area contributed by atoms with Crippen LogP contribution in [-0.4, -0.2) is 50.2 Å². The molecule has 228 valence electrons. The molecule has 0 aliphatic heterocycles. The van der Waals surface area contributed by atoms with E-state index in [9.17, 15) is 22.8 Å². The largest absolute Gasteiger partial charge is 0.573 e. The monoisotopic (exact) mass is 608 g/mol.